The number of carbonyl (C=O) groups is 2. The summed E-state index contributed by atoms with van der Waals surface area (Å²) in [6.07, 6.45) is 1.87. The Morgan fingerprint density at radius 2 is 2.25 bits per heavy atom. The van der Waals surface area contributed by atoms with Crippen molar-refractivity contribution in [2.45, 2.75) is 19.8 Å². The van der Waals surface area contributed by atoms with Gasteiger partial charge in [0.1, 0.15) is 0 Å². The SMILES string of the molecule is CCNC(=O)N1CC[C@@H](Cc2cccc(C(N)=O)c2)C1. The van der Waals surface area contributed by atoms with Gasteiger partial charge in [-0.25, -0.2) is 4.79 Å². The van der Waals surface area contributed by atoms with Crippen LogP contribution in [0.3, 0.4) is 0 Å². The fraction of sp³-hybridized carbons (Fsp3) is 0.467. The van der Waals surface area contributed by atoms with Crippen LogP contribution in [0.2, 0.25) is 0 Å². The molecule has 0 saturated carbocycles. The molecule has 5 nitrogen and oxygen atoms in total. The van der Waals surface area contributed by atoms with Gasteiger partial charge in [0.25, 0.3) is 0 Å². The molecule has 2 rings (SSSR count). The number of urea groups is 1. The van der Waals surface area contributed by atoms with Crippen LogP contribution in [0, 0.1) is 5.92 Å². The standard InChI is InChI=1S/C15H21N3O2/c1-2-17-15(20)18-7-6-12(10-18)8-11-4-3-5-13(9-11)14(16)19/h3-5,9,12H,2,6-8,10H2,1H3,(H2,16,19)(H,17,20)/t12-/m0/s1. The third kappa shape index (κ3) is 3.50. The van der Waals surface area contributed by atoms with E-state index in [1.165, 1.54) is 0 Å². The Balaban J connectivity index is 1.93. The Labute approximate surface area is 119 Å². The molecule has 0 bridgehead atoms. The summed E-state index contributed by atoms with van der Waals surface area (Å²) in [7, 11) is 0. The molecule has 3 amide bonds. The largest absolute Gasteiger partial charge is 0.366 e. The average molecular weight is 275 g/mol. The molecule has 1 aliphatic rings. The molecule has 1 aliphatic heterocycles. The molecule has 1 aromatic rings. The first-order valence-electron chi connectivity index (χ1n) is 7.01. The Morgan fingerprint density at radius 1 is 1.45 bits per heavy atom. The summed E-state index contributed by atoms with van der Waals surface area (Å²) < 4.78 is 0. The monoisotopic (exact) mass is 275 g/mol. The lowest BCUT2D eigenvalue weighted by Crippen LogP contribution is -2.38. The molecule has 1 saturated heterocycles. The minimum absolute atomic E-state index is 0.0147. The van der Waals surface area contributed by atoms with E-state index >= 15 is 0 Å². The lowest BCUT2D eigenvalue weighted by atomic mass is 9.97. The molecule has 0 unspecified atom stereocenters. The topological polar surface area (TPSA) is 75.4 Å². The highest BCUT2D eigenvalue weighted by Crippen LogP contribution is 2.21. The average Bonchev–Trinajstić information content (AvgIpc) is 2.88. The summed E-state index contributed by atoms with van der Waals surface area (Å²) >= 11 is 0. The van der Waals surface area contributed by atoms with Crippen LogP contribution in [0.25, 0.3) is 0 Å². The number of likely N-dealkylation sites (tertiary alicyclic amines) is 1. The van der Waals surface area contributed by atoms with Crippen LogP contribution in [0.5, 0.6) is 0 Å². The van der Waals surface area contributed by atoms with Crippen molar-refractivity contribution in [3.63, 3.8) is 0 Å². The van der Waals surface area contributed by atoms with Gasteiger partial charge in [-0.1, -0.05) is 12.1 Å². The number of nitrogens with zero attached hydrogens (tertiary/aromatic N) is 1. The van der Waals surface area contributed by atoms with Gasteiger partial charge in [0.05, 0.1) is 0 Å². The van der Waals surface area contributed by atoms with E-state index in [4.69, 9.17) is 5.73 Å². The van der Waals surface area contributed by atoms with Crippen molar-refractivity contribution in [3.8, 4) is 0 Å². The van der Waals surface area contributed by atoms with E-state index in [0.717, 1.165) is 31.5 Å². The quantitative estimate of drug-likeness (QED) is 0.871. The van der Waals surface area contributed by atoms with Gasteiger partial charge in [-0.2, -0.15) is 0 Å². The first kappa shape index (κ1) is 14.4. The van der Waals surface area contributed by atoms with Crippen molar-refractivity contribution in [1.82, 2.24) is 10.2 Å². The van der Waals surface area contributed by atoms with Gasteiger partial charge >= 0.3 is 6.03 Å². The number of primary amides is 1. The number of carbonyl (C=O) groups excluding carboxylic acids is 2. The summed E-state index contributed by atoms with van der Waals surface area (Å²) in [4.78, 5) is 24.8. The normalized spacial score (nSPS) is 18.1. The van der Waals surface area contributed by atoms with Crippen LogP contribution in [0.4, 0.5) is 4.79 Å². The number of nitrogens with two attached hydrogens (primary N) is 1. The van der Waals surface area contributed by atoms with Crippen LogP contribution >= 0.6 is 0 Å². The lowest BCUT2D eigenvalue weighted by Gasteiger charge is -2.16. The third-order valence-corrected chi connectivity index (χ3v) is 3.64. The second kappa shape index (κ2) is 6.41. The second-order valence-corrected chi connectivity index (χ2v) is 5.20. The van der Waals surface area contributed by atoms with Gasteiger partial charge in [0, 0.05) is 25.2 Å². The molecular formula is C15H21N3O2. The van der Waals surface area contributed by atoms with Crippen LogP contribution in [-0.2, 0) is 6.42 Å². The second-order valence-electron chi connectivity index (χ2n) is 5.20. The number of benzene rings is 1. The van der Waals surface area contributed by atoms with E-state index in [2.05, 4.69) is 5.32 Å². The van der Waals surface area contributed by atoms with Crippen molar-refractivity contribution in [2.24, 2.45) is 11.7 Å². The van der Waals surface area contributed by atoms with Crippen LogP contribution in [0.1, 0.15) is 29.3 Å². The smallest absolute Gasteiger partial charge is 0.317 e. The van der Waals surface area contributed by atoms with Crippen molar-refractivity contribution in [2.75, 3.05) is 19.6 Å². The summed E-state index contributed by atoms with van der Waals surface area (Å²) in [6, 6.07) is 7.44. The third-order valence-electron chi connectivity index (χ3n) is 3.64. The lowest BCUT2D eigenvalue weighted by molar-refractivity contribution is 0.1000. The first-order valence-corrected chi connectivity index (χ1v) is 7.01. The number of amides is 3. The first-order chi connectivity index (χ1) is 9.60. The number of hydrogen-bond donors (Lipinski definition) is 2. The molecule has 108 valence electrons. The number of hydrogen-bond acceptors (Lipinski definition) is 2. The van der Waals surface area contributed by atoms with Crippen LogP contribution < -0.4 is 11.1 Å². The molecule has 0 spiro atoms. The van der Waals surface area contributed by atoms with Gasteiger partial charge in [-0.3, -0.25) is 4.79 Å². The zero-order valence-corrected chi connectivity index (χ0v) is 11.8. The fourth-order valence-electron chi connectivity index (χ4n) is 2.63. The van der Waals surface area contributed by atoms with E-state index in [1.807, 2.05) is 30.0 Å². The minimum atomic E-state index is -0.401. The molecule has 1 aromatic carbocycles. The number of nitrogens with one attached hydrogen (secondary N) is 1. The molecule has 0 aliphatic carbocycles. The summed E-state index contributed by atoms with van der Waals surface area (Å²) in [5.41, 5.74) is 6.93. The zero-order chi connectivity index (χ0) is 14.5. The van der Waals surface area contributed by atoms with Gasteiger partial charge in [-0.05, 0) is 43.4 Å². The molecule has 5 heteroatoms. The predicted molar refractivity (Wildman–Crippen MR) is 77.4 cm³/mol. The van der Waals surface area contributed by atoms with Crippen molar-refractivity contribution >= 4 is 11.9 Å². The van der Waals surface area contributed by atoms with Crippen molar-refractivity contribution in [3.05, 3.63) is 35.4 Å². The molecule has 1 heterocycles. The molecule has 1 fully saturated rings. The van der Waals surface area contributed by atoms with E-state index in [9.17, 15) is 9.59 Å². The maximum Gasteiger partial charge on any atom is 0.317 e. The summed E-state index contributed by atoms with van der Waals surface area (Å²) in [6.45, 7) is 4.14. The molecular weight excluding hydrogens is 254 g/mol. The maximum atomic E-state index is 11.7. The summed E-state index contributed by atoms with van der Waals surface area (Å²) in [5, 5.41) is 2.82. The molecule has 0 radical (unpaired) electrons. The molecule has 20 heavy (non-hydrogen) atoms. The summed E-state index contributed by atoms with van der Waals surface area (Å²) in [5.74, 6) is 0.0444. The molecule has 0 aromatic heterocycles. The van der Waals surface area contributed by atoms with Gasteiger partial charge in [0.15, 0.2) is 0 Å². The predicted octanol–water partition coefficient (Wildman–Crippen LogP) is 1.38. The Kier molecular flexibility index (Phi) is 4.61. The Hall–Kier alpha value is -2.04. The fourth-order valence-corrected chi connectivity index (χ4v) is 2.63. The highest BCUT2D eigenvalue weighted by atomic mass is 16.2. The highest BCUT2D eigenvalue weighted by molar-refractivity contribution is 5.92. The maximum absolute atomic E-state index is 11.7. The Morgan fingerprint density at radius 3 is 2.95 bits per heavy atom. The van der Waals surface area contributed by atoms with Crippen LogP contribution in [-0.4, -0.2) is 36.5 Å². The molecule has 1 atom stereocenters. The van der Waals surface area contributed by atoms with Crippen molar-refractivity contribution < 1.29 is 9.59 Å². The molecule has 3 N–H and O–H groups in total. The van der Waals surface area contributed by atoms with Gasteiger partial charge in [0.2, 0.25) is 5.91 Å². The van der Waals surface area contributed by atoms with E-state index in [1.54, 1.807) is 6.07 Å². The van der Waals surface area contributed by atoms with E-state index < -0.39 is 5.91 Å². The van der Waals surface area contributed by atoms with Gasteiger partial charge < -0.3 is 16.0 Å². The van der Waals surface area contributed by atoms with Gasteiger partial charge in [-0.15, -0.1) is 0 Å². The highest BCUT2D eigenvalue weighted by Gasteiger charge is 2.25. The Bertz CT molecular complexity index is 502. The van der Waals surface area contributed by atoms with Crippen LogP contribution in [0.15, 0.2) is 24.3 Å². The van der Waals surface area contributed by atoms with E-state index in [-0.39, 0.29) is 6.03 Å². The van der Waals surface area contributed by atoms with E-state index in [0.29, 0.717) is 18.0 Å². The zero-order valence-electron chi connectivity index (χ0n) is 11.8. The minimum Gasteiger partial charge on any atom is -0.366 e. The number of rotatable bonds is 4. The van der Waals surface area contributed by atoms with Crippen molar-refractivity contribution in [1.29, 1.82) is 0 Å².